The Morgan fingerprint density at radius 1 is 1.26 bits per heavy atom. The zero-order valence-corrected chi connectivity index (χ0v) is 16.0. The molecule has 2 N–H and O–H groups in total. The fraction of sp³-hybridized carbons (Fsp3) is 0.400. The minimum Gasteiger partial charge on any atom is -0.496 e. The van der Waals surface area contributed by atoms with Crippen molar-refractivity contribution in [1.82, 2.24) is 0 Å². The average molecular weight is 376 g/mol. The van der Waals surface area contributed by atoms with Gasteiger partial charge in [-0.05, 0) is 39.8 Å². The predicted octanol–water partition coefficient (Wildman–Crippen LogP) is 2.48. The summed E-state index contributed by atoms with van der Waals surface area (Å²) in [6, 6.07) is 5.88. The molecule has 27 heavy (non-hydrogen) atoms. The van der Waals surface area contributed by atoms with Gasteiger partial charge in [0.15, 0.2) is 6.10 Å². The lowest BCUT2D eigenvalue weighted by atomic mass is 9.91. The van der Waals surface area contributed by atoms with Crippen LogP contribution in [0.25, 0.3) is 11.0 Å². The molecule has 146 valence electrons. The molecule has 0 bridgehead atoms. The van der Waals surface area contributed by atoms with Crippen molar-refractivity contribution in [3.8, 4) is 5.75 Å². The third-order valence-electron chi connectivity index (χ3n) is 3.94. The molecule has 2 atom stereocenters. The van der Waals surface area contributed by atoms with E-state index in [9.17, 15) is 19.8 Å². The molecule has 1 heterocycles. The van der Waals surface area contributed by atoms with Crippen LogP contribution < -0.4 is 10.4 Å². The van der Waals surface area contributed by atoms with Gasteiger partial charge in [0, 0.05) is 29.2 Å². The molecular weight excluding hydrogens is 352 g/mol. The molecule has 0 amide bonds. The molecule has 0 saturated carbocycles. The number of hydrogen-bond donors (Lipinski definition) is 2. The lowest BCUT2D eigenvalue weighted by Crippen LogP contribution is -2.42. The van der Waals surface area contributed by atoms with Crippen LogP contribution in [-0.2, 0) is 9.53 Å². The van der Waals surface area contributed by atoms with E-state index in [4.69, 9.17) is 13.9 Å². The monoisotopic (exact) mass is 376 g/mol. The lowest BCUT2D eigenvalue weighted by molar-refractivity contribution is -0.162. The van der Waals surface area contributed by atoms with Crippen LogP contribution in [0.1, 0.15) is 39.4 Å². The van der Waals surface area contributed by atoms with Gasteiger partial charge in [-0.2, -0.15) is 0 Å². The summed E-state index contributed by atoms with van der Waals surface area (Å²) < 4.78 is 15.9. The van der Waals surface area contributed by atoms with E-state index in [0.717, 1.165) is 5.57 Å². The number of carbonyl (C=O) groups is 1. The number of aliphatic hydroxyl groups is 2. The first-order chi connectivity index (χ1) is 12.5. The van der Waals surface area contributed by atoms with Crippen molar-refractivity contribution in [1.29, 1.82) is 0 Å². The van der Waals surface area contributed by atoms with Gasteiger partial charge in [0.2, 0.25) is 0 Å². The molecule has 2 aromatic rings. The average Bonchev–Trinajstić information content (AvgIpc) is 2.56. The van der Waals surface area contributed by atoms with Crippen LogP contribution in [-0.4, -0.2) is 35.0 Å². The Morgan fingerprint density at radius 3 is 2.48 bits per heavy atom. The third kappa shape index (κ3) is 4.96. The number of ether oxygens (including phenoxy) is 2. The molecule has 0 aliphatic carbocycles. The van der Waals surface area contributed by atoms with Gasteiger partial charge in [0.25, 0.3) is 0 Å². The van der Waals surface area contributed by atoms with Crippen LogP contribution in [0.15, 0.2) is 45.1 Å². The molecule has 0 unspecified atom stereocenters. The predicted molar refractivity (Wildman–Crippen MR) is 99.6 cm³/mol. The molecule has 2 rings (SSSR count). The summed E-state index contributed by atoms with van der Waals surface area (Å²) in [6.07, 6.45) is -1.36. The molecule has 0 fully saturated rings. The van der Waals surface area contributed by atoms with Gasteiger partial charge in [-0.25, -0.2) is 9.59 Å². The van der Waals surface area contributed by atoms with Crippen molar-refractivity contribution in [2.75, 3.05) is 7.11 Å². The largest absolute Gasteiger partial charge is 0.496 e. The number of allylic oxidation sites excluding steroid dienone is 1. The number of hydrogen-bond acceptors (Lipinski definition) is 7. The van der Waals surface area contributed by atoms with Crippen LogP contribution >= 0.6 is 0 Å². The van der Waals surface area contributed by atoms with Crippen LogP contribution in [0.2, 0.25) is 0 Å². The summed E-state index contributed by atoms with van der Waals surface area (Å²) in [5.74, 6) is -0.416. The summed E-state index contributed by atoms with van der Waals surface area (Å²) >= 11 is 0. The highest BCUT2D eigenvalue weighted by molar-refractivity contribution is 5.83. The quantitative estimate of drug-likeness (QED) is 0.453. The molecule has 0 aliphatic rings. The SMILES string of the molecule is COc1cc2oc(=O)ccc2cc1[C@H](OC(=O)C=C(C)C)[C@@H](O)C(C)(C)O. The zero-order valence-electron chi connectivity index (χ0n) is 16.0. The van der Waals surface area contributed by atoms with Gasteiger partial charge in [-0.15, -0.1) is 0 Å². The van der Waals surface area contributed by atoms with E-state index in [1.165, 1.54) is 39.2 Å². The molecule has 0 aliphatic heterocycles. The Bertz CT molecular complexity index is 914. The Kier molecular flexibility index (Phi) is 6.08. The second-order valence-electron chi connectivity index (χ2n) is 7.06. The van der Waals surface area contributed by atoms with E-state index in [1.807, 2.05) is 0 Å². The van der Waals surface area contributed by atoms with Crippen molar-refractivity contribution >= 4 is 16.9 Å². The van der Waals surface area contributed by atoms with E-state index in [0.29, 0.717) is 10.9 Å². The summed E-state index contributed by atoms with van der Waals surface area (Å²) in [7, 11) is 1.40. The summed E-state index contributed by atoms with van der Waals surface area (Å²) in [6.45, 7) is 6.29. The number of fused-ring (bicyclic) bond motifs is 1. The van der Waals surface area contributed by atoms with Gasteiger partial charge >= 0.3 is 11.6 Å². The molecule has 7 nitrogen and oxygen atoms in total. The van der Waals surface area contributed by atoms with Crippen molar-refractivity contribution < 1.29 is 28.9 Å². The van der Waals surface area contributed by atoms with Gasteiger partial charge in [-0.1, -0.05) is 5.57 Å². The molecule has 1 aromatic heterocycles. The molecule has 1 aromatic carbocycles. The molecule has 0 radical (unpaired) electrons. The second kappa shape index (κ2) is 7.94. The standard InChI is InChI=1S/C20H24O7/c1-11(2)8-17(22)27-18(19(23)20(3,4)24)13-9-12-6-7-16(21)26-14(12)10-15(13)25-5/h6-10,18-19,23-24H,1-5H3/t18-,19+/m0/s1. The summed E-state index contributed by atoms with van der Waals surface area (Å²) in [5.41, 5.74) is -0.720. The number of esters is 1. The topological polar surface area (TPSA) is 106 Å². The first kappa shape index (κ1) is 20.7. The van der Waals surface area contributed by atoms with Gasteiger partial charge in [-0.3, -0.25) is 0 Å². The highest BCUT2D eigenvalue weighted by atomic mass is 16.6. The van der Waals surface area contributed by atoms with Crippen molar-refractivity contribution in [2.45, 2.75) is 45.5 Å². The zero-order chi connectivity index (χ0) is 20.4. The smallest absolute Gasteiger partial charge is 0.336 e. The van der Waals surface area contributed by atoms with Crippen molar-refractivity contribution in [3.05, 3.63) is 51.9 Å². The van der Waals surface area contributed by atoms with Gasteiger partial charge < -0.3 is 24.1 Å². The van der Waals surface area contributed by atoms with Gasteiger partial charge in [0.05, 0.1) is 12.7 Å². The lowest BCUT2D eigenvalue weighted by Gasteiger charge is -2.32. The first-order valence-electron chi connectivity index (χ1n) is 8.40. The molecule has 0 saturated heterocycles. The molecular formula is C20H24O7. The fourth-order valence-electron chi connectivity index (χ4n) is 2.58. The van der Waals surface area contributed by atoms with E-state index in [2.05, 4.69) is 0 Å². The Balaban J connectivity index is 2.62. The Hall–Kier alpha value is -2.64. The highest BCUT2D eigenvalue weighted by Gasteiger charge is 2.37. The number of benzene rings is 1. The van der Waals surface area contributed by atoms with Crippen LogP contribution in [0.3, 0.4) is 0 Å². The van der Waals surface area contributed by atoms with E-state index >= 15 is 0 Å². The number of carbonyl (C=O) groups excluding carboxylic acids is 1. The normalized spacial score (nSPS) is 13.7. The minimum atomic E-state index is -1.56. The van der Waals surface area contributed by atoms with E-state index < -0.39 is 29.4 Å². The van der Waals surface area contributed by atoms with Crippen LogP contribution in [0.5, 0.6) is 5.75 Å². The Labute approximate surface area is 156 Å². The number of methoxy groups -OCH3 is 1. The first-order valence-corrected chi connectivity index (χ1v) is 8.40. The number of rotatable bonds is 6. The second-order valence-corrected chi connectivity index (χ2v) is 7.06. The van der Waals surface area contributed by atoms with Gasteiger partial charge in [0.1, 0.15) is 17.4 Å². The van der Waals surface area contributed by atoms with E-state index in [-0.39, 0.29) is 11.3 Å². The van der Waals surface area contributed by atoms with Crippen LogP contribution in [0, 0.1) is 0 Å². The molecule has 7 heteroatoms. The maximum absolute atomic E-state index is 12.2. The molecule has 0 spiro atoms. The van der Waals surface area contributed by atoms with Crippen molar-refractivity contribution in [2.24, 2.45) is 0 Å². The number of aliphatic hydroxyl groups excluding tert-OH is 1. The minimum absolute atomic E-state index is 0.246. The van der Waals surface area contributed by atoms with Crippen LogP contribution in [0.4, 0.5) is 0 Å². The maximum Gasteiger partial charge on any atom is 0.336 e. The fourth-order valence-corrected chi connectivity index (χ4v) is 2.58. The maximum atomic E-state index is 12.2. The summed E-state index contributed by atoms with van der Waals surface area (Å²) in [5, 5.41) is 21.5. The van der Waals surface area contributed by atoms with E-state index in [1.54, 1.807) is 26.0 Å². The Morgan fingerprint density at radius 2 is 1.93 bits per heavy atom. The highest BCUT2D eigenvalue weighted by Crippen LogP contribution is 2.36. The third-order valence-corrected chi connectivity index (χ3v) is 3.94. The summed E-state index contributed by atoms with van der Waals surface area (Å²) in [4.78, 5) is 23.6. The van der Waals surface area contributed by atoms with Crippen molar-refractivity contribution in [3.63, 3.8) is 0 Å².